The molecule has 2 rings (SSSR count). The van der Waals surface area contributed by atoms with E-state index in [0.717, 1.165) is 6.42 Å². The van der Waals surface area contributed by atoms with Gasteiger partial charge >= 0.3 is 11.9 Å². The molecule has 1 heterocycles. The SMILES string of the molecule is CC(C)(C)OC(=O)[C@H]1CCCN1C(=O)C1CCC1C(=O)O. The second-order valence-corrected chi connectivity index (χ2v) is 6.85. The molecule has 0 spiro atoms. The zero-order valence-corrected chi connectivity index (χ0v) is 12.8. The average molecular weight is 297 g/mol. The van der Waals surface area contributed by atoms with Crippen molar-refractivity contribution in [2.45, 2.75) is 58.1 Å². The second kappa shape index (κ2) is 5.66. The molecule has 1 amide bonds. The number of ether oxygens (including phenoxy) is 1. The lowest BCUT2D eigenvalue weighted by Gasteiger charge is -2.37. The number of likely N-dealkylation sites (tertiary alicyclic amines) is 1. The monoisotopic (exact) mass is 297 g/mol. The molecule has 0 radical (unpaired) electrons. The molecule has 0 aromatic rings. The molecule has 0 aromatic heterocycles. The van der Waals surface area contributed by atoms with Crippen LogP contribution in [0.3, 0.4) is 0 Å². The van der Waals surface area contributed by atoms with Crippen LogP contribution in [0.4, 0.5) is 0 Å². The number of carbonyl (C=O) groups excluding carboxylic acids is 2. The van der Waals surface area contributed by atoms with Crippen LogP contribution >= 0.6 is 0 Å². The third kappa shape index (κ3) is 3.36. The van der Waals surface area contributed by atoms with Crippen LogP contribution in [-0.4, -0.2) is 46.0 Å². The zero-order valence-electron chi connectivity index (χ0n) is 12.8. The molecule has 0 bridgehead atoms. The van der Waals surface area contributed by atoms with E-state index in [1.807, 2.05) is 0 Å². The van der Waals surface area contributed by atoms with Crippen molar-refractivity contribution in [3.63, 3.8) is 0 Å². The molecule has 118 valence electrons. The largest absolute Gasteiger partial charge is 0.481 e. The van der Waals surface area contributed by atoms with Gasteiger partial charge in [0.2, 0.25) is 5.91 Å². The number of rotatable bonds is 3. The molecule has 2 aliphatic rings. The van der Waals surface area contributed by atoms with E-state index >= 15 is 0 Å². The van der Waals surface area contributed by atoms with Crippen molar-refractivity contribution in [1.82, 2.24) is 4.90 Å². The van der Waals surface area contributed by atoms with E-state index in [0.29, 0.717) is 25.8 Å². The number of nitrogens with zero attached hydrogens (tertiary/aromatic N) is 1. The Hall–Kier alpha value is -1.59. The summed E-state index contributed by atoms with van der Waals surface area (Å²) in [6.07, 6.45) is 2.47. The highest BCUT2D eigenvalue weighted by molar-refractivity contribution is 5.90. The Bertz CT molecular complexity index is 453. The maximum absolute atomic E-state index is 12.5. The highest BCUT2D eigenvalue weighted by atomic mass is 16.6. The first-order chi connectivity index (χ1) is 9.70. The van der Waals surface area contributed by atoms with Gasteiger partial charge in [-0.25, -0.2) is 4.79 Å². The molecule has 1 saturated carbocycles. The summed E-state index contributed by atoms with van der Waals surface area (Å²) in [4.78, 5) is 37.2. The summed E-state index contributed by atoms with van der Waals surface area (Å²) < 4.78 is 5.36. The molecule has 3 atom stereocenters. The lowest BCUT2D eigenvalue weighted by molar-refractivity contribution is -0.166. The topological polar surface area (TPSA) is 83.9 Å². The predicted molar refractivity (Wildman–Crippen MR) is 74.4 cm³/mol. The second-order valence-electron chi connectivity index (χ2n) is 6.85. The number of hydrogen-bond acceptors (Lipinski definition) is 4. The van der Waals surface area contributed by atoms with Crippen molar-refractivity contribution in [3.8, 4) is 0 Å². The predicted octanol–water partition coefficient (Wildman–Crippen LogP) is 1.43. The minimum absolute atomic E-state index is 0.206. The van der Waals surface area contributed by atoms with Gasteiger partial charge in [0.05, 0.1) is 11.8 Å². The fourth-order valence-corrected chi connectivity index (χ4v) is 2.95. The van der Waals surface area contributed by atoms with Gasteiger partial charge in [0.15, 0.2) is 0 Å². The minimum atomic E-state index is -0.924. The van der Waals surface area contributed by atoms with Crippen LogP contribution < -0.4 is 0 Å². The Morgan fingerprint density at radius 1 is 1.10 bits per heavy atom. The minimum Gasteiger partial charge on any atom is -0.481 e. The van der Waals surface area contributed by atoms with E-state index < -0.39 is 29.4 Å². The first kappa shape index (κ1) is 15.8. The van der Waals surface area contributed by atoms with Crippen LogP contribution in [0.5, 0.6) is 0 Å². The fraction of sp³-hybridized carbons (Fsp3) is 0.800. The molecule has 2 unspecified atom stereocenters. The number of aliphatic carboxylic acids is 1. The van der Waals surface area contributed by atoms with Gasteiger partial charge in [0.25, 0.3) is 0 Å². The molecule has 1 aliphatic carbocycles. The molecular formula is C15H23NO5. The molecule has 1 saturated heterocycles. The van der Waals surface area contributed by atoms with Gasteiger partial charge in [-0.15, -0.1) is 0 Å². The summed E-state index contributed by atoms with van der Waals surface area (Å²) in [6, 6.07) is -0.563. The van der Waals surface area contributed by atoms with E-state index in [4.69, 9.17) is 9.84 Å². The van der Waals surface area contributed by atoms with E-state index in [-0.39, 0.29) is 11.9 Å². The number of carboxylic acids is 1. The summed E-state index contributed by atoms with van der Waals surface area (Å²) in [5.74, 6) is -2.60. The van der Waals surface area contributed by atoms with Gasteiger partial charge in [0.1, 0.15) is 11.6 Å². The van der Waals surface area contributed by atoms with E-state index in [2.05, 4.69) is 0 Å². The number of carbonyl (C=O) groups is 3. The van der Waals surface area contributed by atoms with Crippen molar-refractivity contribution in [2.75, 3.05) is 6.54 Å². The van der Waals surface area contributed by atoms with Gasteiger partial charge in [-0.1, -0.05) is 0 Å². The van der Waals surface area contributed by atoms with Crippen molar-refractivity contribution in [1.29, 1.82) is 0 Å². The van der Waals surface area contributed by atoms with Crippen molar-refractivity contribution >= 4 is 17.8 Å². The third-order valence-corrected chi connectivity index (χ3v) is 4.12. The van der Waals surface area contributed by atoms with Gasteiger partial charge in [-0.2, -0.15) is 0 Å². The van der Waals surface area contributed by atoms with Crippen LogP contribution in [0.15, 0.2) is 0 Å². The maximum Gasteiger partial charge on any atom is 0.329 e. The molecule has 1 aliphatic heterocycles. The fourth-order valence-electron chi connectivity index (χ4n) is 2.95. The number of esters is 1. The molecule has 6 nitrogen and oxygen atoms in total. The Balaban J connectivity index is 2.03. The van der Waals surface area contributed by atoms with Gasteiger partial charge < -0.3 is 14.7 Å². The molecule has 1 N–H and O–H groups in total. The lowest BCUT2D eigenvalue weighted by atomic mass is 9.73. The van der Waals surface area contributed by atoms with E-state index in [1.54, 1.807) is 20.8 Å². The quantitative estimate of drug-likeness (QED) is 0.797. The summed E-state index contributed by atoms with van der Waals surface area (Å²) in [5, 5.41) is 9.06. The summed E-state index contributed by atoms with van der Waals surface area (Å²) in [7, 11) is 0. The van der Waals surface area contributed by atoms with Crippen molar-refractivity contribution < 1.29 is 24.2 Å². The summed E-state index contributed by atoms with van der Waals surface area (Å²) in [6.45, 7) is 5.88. The van der Waals surface area contributed by atoms with Crippen LogP contribution in [0.1, 0.15) is 46.5 Å². The Morgan fingerprint density at radius 2 is 1.71 bits per heavy atom. The highest BCUT2D eigenvalue weighted by Crippen LogP contribution is 2.37. The first-order valence-electron chi connectivity index (χ1n) is 7.47. The van der Waals surface area contributed by atoms with E-state index in [1.165, 1.54) is 4.90 Å². The number of hydrogen-bond donors (Lipinski definition) is 1. The van der Waals surface area contributed by atoms with Gasteiger partial charge in [-0.05, 0) is 46.5 Å². The van der Waals surface area contributed by atoms with Crippen LogP contribution in [0.2, 0.25) is 0 Å². The van der Waals surface area contributed by atoms with Crippen LogP contribution in [-0.2, 0) is 19.1 Å². The van der Waals surface area contributed by atoms with Crippen LogP contribution in [0.25, 0.3) is 0 Å². The molecule has 0 aromatic carbocycles. The highest BCUT2D eigenvalue weighted by Gasteiger charge is 2.47. The van der Waals surface area contributed by atoms with Crippen molar-refractivity contribution in [2.24, 2.45) is 11.8 Å². The Morgan fingerprint density at radius 3 is 2.19 bits per heavy atom. The summed E-state index contributed by atoms with van der Waals surface area (Å²) in [5.41, 5.74) is -0.589. The van der Waals surface area contributed by atoms with Crippen molar-refractivity contribution in [3.05, 3.63) is 0 Å². The standard InChI is InChI=1S/C15H23NO5/c1-15(2,3)21-14(20)11-5-4-8-16(11)12(17)9-6-7-10(9)13(18)19/h9-11H,4-8H2,1-3H3,(H,18,19)/t9?,10?,11-/m1/s1. The molecule has 2 fully saturated rings. The Labute approximate surface area is 124 Å². The lowest BCUT2D eigenvalue weighted by Crippen LogP contribution is -2.50. The molecular weight excluding hydrogens is 274 g/mol. The summed E-state index contributed by atoms with van der Waals surface area (Å²) >= 11 is 0. The Kier molecular flexibility index (Phi) is 4.25. The van der Waals surface area contributed by atoms with E-state index in [9.17, 15) is 14.4 Å². The smallest absolute Gasteiger partial charge is 0.329 e. The van der Waals surface area contributed by atoms with Gasteiger partial charge in [-0.3, -0.25) is 9.59 Å². The molecule has 21 heavy (non-hydrogen) atoms. The third-order valence-electron chi connectivity index (χ3n) is 4.12. The van der Waals surface area contributed by atoms with Crippen LogP contribution in [0, 0.1) is 11.8 Å². The first-order valence-corrected chi connectivity index (χ1v) is 7.47. The average Bonchev–Trinajstić information content (AvgIpc) is 2.72. The van der Waals surface area contributed by atoms with Gasteiger partial charge in [0, 0.05) is 6.54 Å². The molecule has 6 heteroatoms. The zero-order chi connectivity index (χ0) is 15.8. The maximum atomic E-state index is 12.5. The normalized spacial score (nSPS) is 28.9. The number of carboxylic acid groups (broad SMARTS) is 1. The number of amides is 1.